The molecule has 0 fully saturated rings. The molecule has 0 saturated heterocycles. The van der Waals surface area contributed by atoms with Crippen molar-refractivity contribution < 1.29 is 9.13 Å². The van der Waals surface area contributed by atoms with Gasteiger partial charge in [0, 0.05) is 6.92 Å². The highest BCUT2D eigenvalue weighted by Crippen LogP contribution is 1.91. The van der Waals surface area contributed by atoms with Gasteiger partial charge in [0.2, 0.25) is 0 Å². The van der Waals surface area contributed by atoms with Crippen molar-refractivity contribution >= 4 is 0 Å². The van der Waals surface area contributed by atoms with Crippen molar-refractivity contribution in [3.63, 3.8) is 0 Å². The molecule has 66 valence electrons. The standard InChI is InChI=1S/C10H18N2/c1-5-6-10-11(3)8-7-9(2)12(10)4/h7-8H,5-6H2,1-4H3/q+2. The molecule has 0 N–H and O–H groups in total. The fourth-order valence-corrected chi connectivity index (χ4v) is 1.43. The summed E-state index contributed by atoms with van der Waals surface area (Å²) in [5.41, 5.74) is 1.32. The monoisotopic (exact) mass is 166 g/mol. The van der Waals surface area contributed by atoms with E-state index in [1.807, 2.05) is 0 Å². The second-order valence-electron chi connectivity index (χ2n) is 3.29. The molecule has 0 aliphatic rings. The fourth-order valence-electron chi connectivity index (χ4n) is 1.43. The lowest BCUT2D eigenvalue weighted by atomic mass is 10.3. The molecular weight excluding hydrogens is 148 g/mol. The van der Waals surface area contributed by atoms with Gasteiger partial charge in [0.25, 0.3) is 0 Å². The Hall–Kier alpha value is -0.920. The van der Waals surface area contributed by atoms with Gasteiger partial charge in [-0.05, 0) is 6.42 Å². The Balaban J connectivity index is 3.14. The van der Waals surface area contributed by atoms with Gasteiger partial charge in [-0.2, -0.15) is 0 Å². The summed E-state index contributed by atoms with van der Waals surface area (Å²) < 4.78 is 4.44. The van der Waals surface area contributed by atoms with Crippen molar-refractivity contribution in [2.45, 2.75) is 26.7 Å². The largest absolute Gasteiger partial charge is 0.417 e. The summed E-state index contributed by atoms with van der Waals surface area (Å²) in [6, 6.07) is 2.14. The van der Waals surface area contributed by atoms with Gasteiger partial charge >= 0.3 is 5.82 Å². The lowest BCUT2D eigenvalue weighted by Gasteiger charge is -1.97. The van der Waals surface area contributed by atoms with Gasteiger partial charge in [-0.25, -0.2) is 0 Å². The van der Waals surface area contributed by atoms with Crippen LogP contribution < -0.4 is 9.13 Å². The zero-order chi connectivity index (χ0) is 9.14. The van der Waals surface area contributed by atoms with E-state index in [0.29, 0.717) is 0 Å². The van der Waals surface area contributed by atoms with Gasteiger partial charge in [0.1, 0.15) is 14.1 Å². The Morgan fingerprint density at radius 3 is 2.58 bits per heavy atom. The molecule has 12 heavy (non-hydrogen) atoms. The zero-order valence-corrected chi connectivity index (χ0v) is 8.46. The van der Waals surface area contributed by atoms with Gasteiger partial charge < -0.3 is 0 Å². The van der Waals surface area contributed by atoms with E-state index >= 15 is 0 Å². The molecule has 0 aliphatic carbocycles. The maximum Gasteiger partial charge on any atom is 0.417 e. The molecule has 2 heteroatoms. The molecule has 1 aromatic heterocycles. The van der Waals surface area contributed by atoms with Crippen LogP contribution in [-0.4, -0.2) is 0 Å². The number of hydrogen-bond acceptors (Lipinski definition) is 0. The summed E-state index contributed by atoms with van der Waals surface area (Å²) in [6.45, 7) is 4.35. The third kappa shape index (κ3) is 1.63. The third-order valence-electron chi connectivity index (χ3n) is 2.34. The molecule has 0 aromatic carbocycles. The van der Waals surface area contributed by atoms with Crippen LogP contribution in [0.2, 0.25) is 0 Å². The SMILES string of the molecule is CCCc1[n+](C)ccc(C)[n+]1C. The average Bonchev–Trinajstić information content (AvgIpc) is 2.06. The van der Waals surface area contributed by atoms with Crippen LogP contribution in [0.4, 0.5) is 0 Å². The van der Waals surface area contributed by atoms with Gasteiger partial charge in [0.15, 0.2) is 11.9 Å². The molecule has 2 nitrogen and oxygen atoms in total. The predicted molar refractivity (Wildman–Crippen MR) is 47.5 cm³/mol. The number of rotatable bonds is 2. The summed E-state index contributed by atoms with van der Waals surface area (Å²) in [5, 5.41) is 0. The van der Waals surface area contributed by atoms with Gasteiger partial charge in [0.05, 0.1) is 12.5 Å². The Kier molecular flexibility index (Phi) is 2.79. The highest BCUT2D eigenvalue weighted by Gasteiger charge is 2.18. The first kappa shape index (κ1) is 9.17. The zero-order valence-electron chi connectivity index (χ0n) is 8.46. The van der Waals surface area contributed by atoms with Gasteiger partial charge in [-0.15, -0.1) is 9.13 Å². The van der Waals surface area contributed by atoms with Crippen LogP contribution >= 0.6 is 0 Å². The summed E-state index contributed by atoms with van der Waals surface area (Å²) in [4.78, 5) is 0. The van der Waals surface area contributed by atoms with E-state index in [1.165, 1.54) is 17.9 Å². The van der Waals surface area contributed by atoms with E-state index in [0.717, 1.165) is 6.42 Å². The third-order valence-corrected chi connectivity index (χ3v) is 2.34. The first-order valence-corrected chi connectivity index (χ1v) is 4.51. The van der Waals surface area contributed by atoms with Crippen molar-refractivity contribution in [2.75, 3.05) is 0 Å². The number of nitrogens with zero attached hydrogens (tertiary/aromatic N) is 2. The summed E-state index contributed by atoms with van der Waals surface area (Å²) in [5.74, 6) is 1.39. The molecule has 0 radical (unpaired) electrons. The fraction of sp³-hybridized carbons (Fsp3) is 0.600. The topological polar surface area (TPSA) is 7.76 Å². The molecular formula is C10H18N2+2. The van der Waals surface area contributed by atoms with E-state index in [9.17, 15) is 0 Å². The van der Waals surface area contributed by atoms with Crippen LogP contribution in [0, 0.1) is 6.92 Å². The van der Waals surface area contributed by atoms with E-state index in [2.05, 4.69) is 49.3 Å². The van der Waals surface area contributed by atoms with Gasteiger partial charge in [-0.1, -0.05) is 6.92 Å². The second-order valence-corrected chi connectivity index (χ2v) is 3.29. The Bertz CT molecular complexity index is 279. The highest BCUT2D eigenvalue weighted by atomic mass is 15.1. The molecule has 0 amide bonds. The van der Waals surface area contributed by atoms with Crippen molar-refractivity contribution in [2.24, 2.45) is 14.1 Å². The Morgan fingerprint density at radius 2 is 2.00 bits per heavy atom. The van der Waals surface area contributed by atoms with E-state index < -0.39 is 0 Å². The van der Waals surface area contributed by atoms with Crippen molar-refractivity contribution in [3.05, 3.63) is 23.8 Å². The summed E-state index contributed by atoms with van der Waals surface area (Å²) >= 11 is 0. The van der Waals surface area contributed by atoms with E-state index in [4.69, 9.17) is 0 Å². The molecule has 0 atom stereocenters. The lowest BCUT2D eigenvalue weighted by molar-refractivity contribution is -0.819. The van der Waals surface area contributed by atoms with E-state index in [-0.39, 0.29) is 0 Å². The molecule has 0 aliphatic heterocycles. The molecule has 0 spiro atoms. The Labute approximate surface area is 74.5 Å². The van der Waals surface area contributed by atoms with Crippen LogP contribution in [-0.2, 0) is 20.5 Å². The molecule has 0 saturated carbocycles. The van der Waals surface area contributed by atoms with Crippen LogP contribution in [0.5, 0.6) is 0 Å². The minimum Gasteiger partial charge on any atom is -0.150 e. The van der Waals surface area contributed by atoms with Crippen LogP contribution in [0.25, 0.3) is 0 Å². The second kappa shape index (κ2) is 3.65. The number of hydrogen-bond donors (Lipinski definition) is 0. The summed E-state index contributed by atoms with van der Waals surface area (Å²) in [7, 11) is 4.23. The smallest absolute Gasteiger partial charge is 0.150 e. The van der Waals surface area contributed by atoms with Crippen molar-refractivity contribution in [3.8, 4) is 0 Å². The number of aryl methyl sites for hydroxylation is 2. The van der Waals surface area contributed by atoms with Crippen LogP contribution in [0.1, 0.15) is 24.9 Å². The lowest BCUT2D eigenvalue weighted by Crippen LogP contribution is -2.51. The first-order valence-electron chi connectivity index (χ1n) is 4.51. The normalized spacial score (nSPS) is 10.3. The van der Waals surface area contributed by atoms with Crippen molar-refractivity contribution in [1.29, 1.82) is 0 Å². The minimum absolute atomic E-state index is 1.15. The average molecular weight is 166 g/mol. The maximum atomic E-state index is 2.25. The minimum atomic E-state index is 1.15. The molecule has 1 heterocycles. The maximum absolute atomic E-state index is 2.25. The first-order chi connectivity index (χ1) is 5.66. The summed E-state index contributed by atoms with van der Waals surface area (Å²) in [6.07, 6.45) is 4.47. The van der Waals surface area contributed by atoms with Crippen molar-refractivity contribution in [1.82, 2.24) is 0 Å². The molecule has 0 bridgehead atoms. The Morgan fingerprint density at radius 1 is 1.33 bits per heavy atom. The van der Waals surface area contributed by atoms with Crippen LogP contribution in [0.15, 0.2) is 12.3 Å². The van der Waals surface area contributed by atoms with Gasteiger partial charge in [-0.3, -0.25) is 0 Å². The molecule has 1 aromatic rings. The molecule has 1 rings (SSSR count). The molecule has 0 unspecified atom stereocenters. The highest BCUT2D eigenvalue weighted by molar-refractivity contribution is 4.85. The predicted octanol–water partition coefficient (Wildman–Crippen LogP) is 0.597. The number of aromatic nitrogens is 2. The van der Waals surface area contributed by atoms with E-state index in [1.54, 1.807) is 0 Å². The quantitative estimate of drug-likeness (QED) is 0.568. The van der Waals surface area contributed by atoms with Crippen LogP contribution in [0.3, 0.4) is 0 Å².